The summed E-state index contributed by atoms with van der Waals surface area (Å²) in [4.78, 5) is 2.47. The van der Waals surface area contributed by atoms with Crippen LogP contribution >= 0.6 is 0 Å². The molecule has 1 N–H and O–H groups in total. The first-order valence-corrected chi connectivity index (χ1v) is 5.87. The van der Waals surface area contributed by atoms with Crippen LogP contribution in [0.25, 0.3) is 0 Å². The van der Waals surface area contributed by atoms with Gasteiger partial charge in [0.05, 0.1) is 7.11 Å². The maximum absolute atomic E-state index is 5.42. The minimum absolute atomic E-state index is 1.01. The van der Waals surface area contributed by atoms with Crippen LogP contribution in [0.5, 0.6) is 5.75 Å². The number of methoxy groups -OCH3 is 1. The minimum atomic E-state index is 1.01. The summed E-state index contributed by atoms with van der Waals surface area (Å²) in [6.07, 6.45) is 1.14. The third-order valence-electron chi connectivity index (χ3n) is 3.21. The van der Waals surface area contributed by atoms with E-state index in [1.807, 2.05) is 7.05 Å². The Morgan fingerprint density at radius 3 is 3.06 bits per heavy atom. The van der Waals surface area contributed by atoms with Crippen molar-refractivity contribution in [2.45, 2.75) is 13.0 Å². The standard InChI is InChI=1S/C13H20N2O/c1-14-7-9-15-8-6-11-4-3-5-13(16-2)12(11)10-15/h3-5,14H,6-10H2,1-2H3. The van der Waals surface area contributed by atoms with Gasteiger partial charge >= 0.3 is 0 Å². The van der Waals surface area contributed by atoms with Gasteiger partial charge in [0.15, 0.2) is 0 Å². The van der Waals surface area contributed by atoms with Crippen molar-refractivity contribution in [2.24, 2.45) is 0 Å². The molecule has 1 heterocycles. The Balaban J connectivity index is 2.11. The number of benzene rings is 1. The summed E-state index contributed by atoms with van der Waals surface area (Å²) >= 11 is 0. The molecular weight excluding hydrogens is 200 g/mol. The van der Waals surface area contributed by atoms with Crippen LogP contribution in [-0.2, 0) is 13.0 Å². The van der Waals surface area contributed by atoms with E-state index in [0.717, 1.165) is 38.3 Å². The van der Waals surface area contributed by atoms with Gasteiger partial charge in [-0.2, -0.15) is 0 Å². The molecule has 1 aromatic rings. The summed E-state index contributed by atoms with van der Waals surface area (Å²) in [6, 6.07) is 6.36. The van der Waals surface area contributed by atoms with Crippen LogP contribution in [0.2, 0.25) is 0 Å². The third-order valence-corrected chi connectivity index (χ3v) is 3.21. The van der Waals surface area contributed by atoms with Gasteiger partial charge in [-0.1, -0.05) is 12.1 Å². The second-order valence-corrected chi connectivity index (χ2v) is 4.23. The number of nitrogens with zero attached hydrogens (tertiary/aromatic N) is 1. The molecule has 88 valence electrons. The van der Waals surface area contributed by atoms with Gasteiger partial charge in [0.25, 0.3) is 0 Å². The van der Waals surface area contributed by atoms with Crippen LogP contribution in [-0.4, -0.2) is 38.7 Å². The first-order chi connectivity index (χ1) is 7.85. The Labute approximate surface area is 97.4 Å². The van der Waals surface area contributed by atoms with Gasteiger partial charge in [-0.25, -0.2) is 0 Å². The topological polar surface area (TPSA) is 24.5 Å². The molecule has 0 aromatic heterocycles. The fraction of sp³-hybridized carbons (Fsp3) is 0.538. The molecule has 3 nitrogen and oxygen atoms in total. The van der Waals surface area contributed by atoms with Crippen LogP contribution in [0.1, 0.15) is 11.1 Å². The van der Waals surface area contributed by atoms with E-state index in [1.54, 1.807) is 7.11 Å². The van der Waals surface area contributed by atoms with Crippen molar-refractivity contribution < 1.29 is 4.74 Å². The molecular formula is C13H20N2O. The maximum Gasteiger partial charge on any atom is 0.123 e. The molecule has 0 spiro atoms. The SMILES string of the molecule is CNCCN1CCc2cccc(OC)c2C1. The summed E-state index contributed by atoms with van der Waals surface area (Å²) in [5.41, 5.74) is 2.81. The van der Waals surface area contributed by atoms with Crippen molar-refractivity contribution in [3.63, 3.8) is 0 Å². The molecule has 0 aliphatic carbocycles. The predicted octanol–water partition coefficient (Wildman–Crippen LogP) is 1.27. The van der Waals surface area contributed by atoms with Crippen molar-refractivity contribution in [1.29, 1.82) is 0 Å². The van der Waals surface area contributed by atoms with Gasteiger partial charge in [-0.3, -0.25) is 4.90 Å². The lowest BCUT2D eigenvalue weighted by Crippen LogP contribution is -2.35. The monoisotopic (exact) mass is 220 g/mol. The van der Waals surface area contributed by atoms with E-state index >= 15 is 0 Å². The molecule has 0 atom stereocenters. The van der Waals surface area contributed by atoms with E-state index in [2.05, 4.69) is 28.4 Å². The molecule has 0 bridgehead atoms. The highest BCUT2D eigenvalue weighted by Crippen LogP contribution is 2.27. The molecule has 0 fully saturated rings. The van der Waals surface area contributed by atoms with Crippen molar-refractivity contribution in [3.8, 4) is 5.75 Å². The lowest BCUT2D eigenvalue weighted by atomic mass is 9.99. The first kappa shape index (κ1) is 11.4. The van der Waals surface area contributed by atoms with E-state index in [-0.39, 0.29) is 0 Å². The Morgan fingerprint density at radius 2 is 2.31 bits per heavy atom. The van der Waals surface area contributed by atoms with Crippen LogP contribution in [0, 0.1) is 0 Å². The van der Waals surface area contributed by atoms with Gasteiger partial charge in [-0.05, 0) is 25.1 Å². The molecule has 0 unspecified atom stereocenters. The van der Waals surface area contributed by atoms with E-state index in [1.165, 1.54) is 11.1 Å². The number of fused-ring (bicyclic) bond motifs is 1. The lowest BCUT2D eigenvalue weighted by Gasteiger charge is -2.29. The van der Waals surface area contributed by atoms with Crippen molar-refractivity contribution >= 4 is 0 Å². The van der Waals surface area contributed by atoms with Gasteiger partial charge in [0.2, 0.25) is 0 Å². The number of hydrogen-bond donors (Lipinski definition) is 1. The number of rotatable bonds is 4. The molecule has 3 heteroatoms. The highest BCUT2D eigenvalue weighted by Gasteiger charge is 2.18. The number of hydrogen-bond acceptors (Lipinski definition) is 3. The largest absolute Gasteiger partial charge is 0.496 e. The fourth-order valence-electron chi connectivity index (χ4n) is 2.26. The second kappa shape index (κ2) is 5.32. The maximum atomic E-state index is 5.42. The molecule has 1 aliphatic heterocycles. The van der Waals surface area contributed by atoms with Gasteiger partial charge < -0.3 is 10.1 Å². The molecule has 0 amide bonds. The number of nitrogens with one attached hydrogen (secondary N) is 1. The summed E-state index contributed by atoms with van der Waals surface area (Å²) in [7, 11) is 3.75. The molecule has 0 saturated heterocycles. The number of likely N-dealkylation sites (N-methyl/N-ethyl adjacent to an activating group) is 1. The molecule has 0 saturated carbocycles. The van der Waals surface area contributed by atoms with E-state index in [9.17, 15) is 0 Å². The first-order valence-electron chi connectivity index (χ1n) is 5.87. The van der Waals surface area contributed by atoms with Crippen LogP contribution in [0.4, 0.5) is 0 Å². The Morgan fingerprint density at radius 1 is 1.44 bits per heavy atom. The highest BCUT2D eigenvalue weighted by molar-refractivity contribution is 5.41. The van der Waals surface area contributed by atoms with Crippen molar-refractivity contribution in [2.75, 3.05) is 33.8 Å². The van der Waals surface area contributed by atoms with Crippen LogP contribution in [0.3, 0.4) is 0 Å². The van der Waals surface area contributed by atoms with Gasteiger partial charge in [-0.15, -0.1) is 0 Å². The summed E-state index contributed by atoms with van der Waals surface area (Å²) in [6.45, 7) is 4.32. The quantitative estimate of drug-likeness (QED) is 0.827. The van der Waals surface area contributed by atoms with Gasteiger partial charge in [0.1, 0.15) is 5.75 Å². The average Bonchev–Trinajstić information content (AvgIpc) is 2.35. The molecule has 0 radical (unpaired) electrons. The average molecular weight is 220 g/mol. The van der Waals surface area contributed by atoms with Gasteiger partial charge in [0, 0.05) is 31.7 Å². The van der Waals surface area contributed by atoms with E-state index < -0.39 is 0 Å². The lowest BCUT2D eigenvalue weighted by molar-refractivity contribution is 0.250. The van der Waals surface area contributed by atoms with E-state index in [0.29, 0.717) is 0 Å². The Bertz CT molecular complexity index is 338. The Kier molecular flexibility index (Phi) is 3.80. The normalized spacial score (nSPS) is 15.9. The summed E-state index contributed by atoms with van der Waals surface area (Å²) in [5, 5.41) is 3.19. The fourth-order valence-corrected chi connectivity index (χ4v) is 2.26. The van der Waals surface area contributed by atoms with Crippen LogP contribution in [0.15, 0.2) is 18.2 Å². The second-order valence-electron chi connectivity index (χ2n) is 4.23. The minimum Gasteiger partial charge on any atom is -0.496 e. The molecule has 1 aliphatic rings. The van der Waals surface area contributed by atoms with E-state index in [4.69, 9.17) is 4.74 Å². The molecule has 16 heavy (non-hydrogen) atoms. The zero-order chi connectivity index (χ0) is 11.4. The highest BCUT2D eigenvalue weighted by atomic mass is 16.5. The number of ether oxygens (including phenoxy) is 1. The van der Waals surface area contributed by atoms with Crippen molar-refractivity contribution in [1.82, 2.24) is 10.2 Å². The summed E-state index contributed by atoms with van der Waals surface area (Å²) < 4.78 is 5.42. The zero-order valence-corrected chi connectivity index (χ0v) is 10.1. The molecule has 1 aromatic carbocycles. The smallest absolute Gasteiger partial charge is 0.123 e. The zero-order valence-electron chi connectivity index (χ0n) is 10.1. The Hall–Kier alpha value is -1.06. The summed E-state index contributed by atoms with van der Waals surface area (Å²) in [5.74, 6) is 1.03. The van der Waals surface area contributed by atoms with Crippen LogP contribution < -0.4 is 10.1 Å². The predicted molar refractivity (Wildman–Crippen MR) is 65.9 cm³/mol. The van der Waals surface area contributed by atoms with Crippen molar-refractivity contribution in [3.05, 3.63) is 29.3 Å². The third kappa shape index (κ3) is 2.36. The molecule has 2 rings (SSSR count).